The van der Waals surface area contributed by atoms with Crippen LogP contribution < -0.4 is 10.4 Å². The molecule has 0 nitrogen and oxygen atoms in total. The van der Waals surface area contributed by atoms with Crippen LogP contribution >= 0.6 is 0 Å². The van der Waals surface area contributed by atoms with Gasteiger partial charge in [0.2, 0.25) is 0 Å². The summed E-state index contributed by atoms with van der Waals surface area (Å²) in [6.07, 6.45) is 0. The van der Waals surface area contributed by atoms with Gasteiger partial charge in [0.25, 0.3) is 0 Å². The van der Waals surface area contributed by atoms with Gasteiger partial charge in [0.1, 0.15) is 0 Å². The molecule has 0 fully saturated rings. The van der Waals surface area contributed by atoms with Crippen LogP contribution in [0.4, 0.5) is 0 Å². The standard InChI is InChI=1S/2C16H29Si.Fe/c2*1-10(2)14-12(5)16(17(7,8)9)13(6)15(14)11(3)4;/h2*10-11H,1-9H3;/q2*-1;+2. The van der Waals surface area contributed by atoms with Gasteiger partial charge in [0.15, 0.2) is 0 Å². The van der Waals surface area contributed by atoms with Gasteiger partial charge in [-0.05, 0) is 0 Å². The Bertz CT molecular complexity index is 824. The van der Waals surface area contributed by atoms with Crippen LogP contribution in [0, 0.1) is 27.7 Å². The summed E-state index contributed by atoms with van der Waals surface area (Å²) in [7, 11) is -2.45. The Morgan fingerprint density at radius 2 is 0.543 bits per heavy atom. The van der Waals surface area contributed by atoms with Crippen LogP contribution in [0.2, 0.25) is 39.3 Å². The smallest absolute Gasteiger partial charge is 0.190 e. The molecule has 0 atom stereocenters. The number of hydrogen-bond acceptors (Lipinski definition) is 0. The topological polar surface area (TPSA) is 0 Å². The van der Waals surface area contributed by atoms with Crippen molar-refractivity contribution in [3.05, 3.63) is 44.5 Å². The second-order valence-electron chi connectivity index (χ2n) is 14.0. The Morgan fingerprint density at radius 3 is 0.629 bits per heavy atom. The Morgan fingerprint density at radius 1 is 0.400 bits per heavy atom. The van der Waals surface area contributed by atoms with Crippen molar-refractivity contribution in [3.8, 4) is 0 Å². The van der Waals surface area contributed by atoms with Gasteiger partial charge in [-0.15, -0.1) is 0 Å². The molecule has 0 aliphatic rings. The maximum absolute atomic E-state index is 2.47. The zero-order valence-electron chi connectivity index (χ0n) is 26.7. The van der Waals surface area contributed by atoms with E-state index in [1.54, 1.807) is 54.9 Å². The summed E-state index contributed by atoms with van der Waals surface area (Å²) >= 11 is 0. The van der Waals surface area contributed by atoms with Gasteiger partial charge < -0.3 is 0 Å². The molecular formula is C32H58FeSi2. The molecule has 202 valence electrons. The predicted octanol–water partition coefficient (Wildman–Crippen LogP) is 9.63. The summed E-state index contributed by atoms with van der Waals surface area (Å²) in [5, 5.41) is 3.43. The van der Waals surface area contributed by atoms with Gasteiger partial charge >= 0.3 is 17.1 Å². The van der Waals surface area contributed by atoms with Gasteiger partial charge in [0, 0.05) is 16.1 Å². The minimum Gasteiger partial charge on any atom is -0.190 e. The zero-order chi connectivity index (χ0) is 27.1. The maximum Gasteiger partial charge on any atom is 2.00 e. The van der Waals surface area contributed by atoms with Gasteiger partial charge in [0.05, 0.1) is 0 Å². The second-order valence-corrected chi connectivity index (χ2v) is 24.0. The molecule has 2 aromatic carbocycles. The van der Waals surface area contributed by atoms with E-state index in [-0.39, 0.29) is 17.1 Å². The van der Waals surface area contributed by atoms with Crippen molar-refractivity contribution < 1.29 is 17.1 Å². The fraction of sp³-hybridized carbons (Fsp3) is 0.688. The van der Waals surface area contributed by atoms with Crippen molar-refractivity contribution >= 4 is 26.5 Å². The third kappa shape index (κ3) is 7.37. The third-order valence-corrected chi connectivity index (χ3v) is 12.0. The van der Waals surface area contributed by atoms with Crippen LogP contribution in [0.1, 0.15) is 124 Å². The molecule has 0 aliphatic heterocycles. The molecule has 0 spiro atoms. The first-order valence-electron chi connectivity index (χ1n) is 13.8. The summed E-state index contributed by atoms with van der Waals surface area (Å²) in [6.45, 7) is 42.9. The average Bonchev–Trinajstić information content (AvgIpc) is 3.04. The van der Waals surface area contributed by atoms with Crippen molar-refractivity contribution in [1.82, 2.24) is 0 Å². The first-order chi connectivity index (χ1) is 15.2. The Kier molecular flexibility index (Phi) is 12.3. The normalized spacial score (nSPS) is 12.5. The van der Waals surface area contributed by atoms with Crippen molar-refractivity contribution in [3.63, 3.8) is 0 Å². The first kappa shape index (κ1) is 34.7. The Labute approximate surface area is 233 Å². The summed E-state index contributed by atoms with van der Waals surface area (Å²) in [5.41, 5.74) is 12.9. The third-order valence-electron chi connectivity index (χ3n) is 7.51. The van der Waals surface area contributed by atoms with E-state index in [1.165, 1.54) is 0 Å². The van der Waals surface area contributed by atoms with Crippen LogP contribution in [-0.4, -0.2) is 16.1 Å². The molecule has 0 aromatic heterocycles. The second kappa shape index (κ2) is 12.5. The Balaban J connectivity index is 0.000000642. The van der Waals surface area contributed by atoms with E-state index < -0.39 is 16.1 Å². The molecule has 2 rings (SSSR count). The summed E-state index contributed by atoms with van der Waals surface area (Å²) in [5.74, 6) is 2.60. The maximum atomic E-state index is 2.47. The molecule has 0 amide bonds. The van der Waals surface area contributed by atoms with E-state index in [0.29, 0.717) is 23.7 Å². The SMILES string of the molecule is Cc1c(C(C)C)c(C(C)C)c(C)[c-]1[Si](C)(C)C.Cc1c(C(C)C)c(C(C)C)c(C)[c-]1[Si](C)(C)C.[Fe+2]. The minimum atomic E-state index is -1.22. The molecule has 0 radical (unpaired) electrons. The van der Waals surface area contributed by atoms with E-state index in [2.05, 4.69) is 122 Å². The minimum absolute atomic E-state index is 0. The van der Waals surface area contributed by atoms with E-state index in [4.69, 9.17) is 0 Å². The monoisotopic (exact) mass is 554 g/mol. The zero-order valence-corrected chi connectivity index (χ0v) is 29.8. The van der Waals surface area contributed by atoms with Gasteiger partial charge in [-0.25, -0.2) is 0 Å². The van der Waals surface area contributed by atoms with Crippen LogP contribution in [0.5, 0.6) is 0 Å². The van der Waals surface area contributed by atoms with E-state index in [1.807, 2.05) is 0 Å². The molecule has 0 bridgehead atoms. The first-order valence-corrected chi connectivity index (χ1v) is 20.8. The summed E-state index contributed by atoms with van der Waals surface area (Å²) in [4.78, 5) is 0. The molecule has 0 heterocycles. The van der Waals surface area contributed by atoms with Crippen molar-refractivity contribution in [1.29, 1.82) is 0 Å². The molecule has 2 aromatic rings. The van der Waals surface area contributed by atoms with Crippen LogP contribution in [0.25, 0.3) is 0 Å². The van der Waals surface area contributed by atoms with Crippen LogP contribution in [0.15, 0.2) is 0 Å². The van der Waals surface area contributed by atoms with Gasteiger partial charge in [-0.1, -0.05) is 146 Å². The van der Waals surface area contributed by atoms with Crippen molar-refractivity contribution in [2.75, 3.05) is 0 Å². The van der Waals surface area contributed by atoms with E-state index in [9.17, 15) is 0 Å². The molecule has 0 aliphatic carbocycles. The van der Waals surface area contributed by atoms with Gasteiger partial charge in [-0.2, -0.15) is 54.9 Å². The van der Waals surface area contributed by atoms with E-state index >= 15 is 0 Å². The van der Waals surface area contributed by atoms with E-state index in [0.717, 1.165) is 0 Å². The summed E-state index contributed by atoms with van der Waals surface area (Å²) in [6, 6.07) is 0. The molecule has 0 saturated heterocycles. The molecule has 0 saturated carbocycles. The molecule has 0 N–H and O–H groups in total. The van der Waals surface area contributed by atoms with Crippen molar-refractivity contribution in [2.24, 2.45) is 0 Å². The predicted molar refractivity (Wildman–Crippen MR) is 165 cm³/mol. The fourth-order valence-electron chi connectivity index (χ4n) is 7.14. The van der Waals surface area contributed by atoms with Crippen LogP contribution in [-0.2, 0) is 17.1 Å². The number of rotatable bonds is 6. The van der Waals surface area contributed by atoms with Crippen LogP contribution in [0.3, 0.4) is 0 Å². The quantitative estimate of drug-likeness (QED) is 0.246. The average molecular weight is 555 g/mol. The molecule has 35 heavy (non-hydrogen) atoms. The number of hydrogen-bond donors (Lipinski definition) is 0. The molecule has 3 heteroatoms. The largest absolute Gasteiger partial charge is 2.00 e. The molecular weight excluding hydrogens is 496 g/mol. The Hall–Kier alpha value is -0.347. The summed E-state index contributed by atoms with van der Waals surface area (Å²) < 4.78 is 0. The van der Waals surface area contributed by atoms with Crippen molar-refractivity contribution in [2.45, 2.75) is 146 Å². The van der Waals surface area contributed by atoms with Gasteiger partial charge in [-0.3, -0.25) is 0 Å². The fourth-order valence-corrected chi connectivity index (χ4v) is 12.2. The molecule has 0 unspecified atom stereocenters.